The van der Waals surface area contributed by atoms with Gasteiger partial charge in [-0.2, -0.15) is 5.26 Å². The van der Waals surface area contributed by atoms with Crippen molar-refractivity contribution in [1.29, 1.82) is 5.26 Å². The van der Waals surface area contributed by atoms with E-state index in [0.29, 0.717) is 5.69 Å². The van der Waals surface area contributed by atoms with E-state index in [1.165, 1.54) is 0 Å². The molecule has 0 atom stereocenters. The Hall–Kier alpha value is -1.34. The van der Waals surface area contributed by atoms with Crippen LogP contribution in [-0.4, -0.2) is 9.97 Å². The molecule has 0 aliphatic heterocycles. The summed E-state index contributed by atoms with van der Waals surface area (Å²) in [5, 5.41) is 9.56. The molecule has 0 aliphatic carbocycles. The van der Waals surface area contributed by atoms with Gasteiger partial charge in [-0.05, 0) is 22.0 Å². The van der Waals surface area contributed by atoms with Crippen molar-refractivity contribution in [1.82, 2.24) is 9.97 Å². The van der Waals surface area contributed by atoms with Crippen molar-refractivity contribution >= 4 is 26.8 Å². The van der Waals surface area contributed by atoms with E-state index in [1.807, 2.05) is 6.07 Å². The van der Waals surface area contributed by atoms with Crippen molar-refractivity contribution in [3.05, 3.63) is 28.6 Å². The molecule has 2 aromatic rings. The standard InChI is InChI=1S/C8H4BrN3/c9-7-4-11-3-5-1-6(2-10)12-8(5)7/h1,3-4,12H. The third kappa shape index (κ3) is 0.990. The number of hydrogen-bond acceptors (Lipinski definition) is 2. The molecule has 0 aromatic carbocycles. The lowest BCUT2D eigenvalue weighted by Gasteiger charge is -1.89. The third-order valence-electron chi connectivity index (χ3n) is 1.61. The van der Waals surface area contributed by atoms with Crippen molar-refractivity contribution in [3.63, 3.8) is 0 Å². The fourth-order valence-electron chi connectivity index (χ4n) is 1.08. The minimum Gasteiger partial charge on any atom is -0.345 e. The van der Waals surface area contributed by atoms with Gasteiger partial charge in [0.2, 0.25) is 0 Å². The molecule has 0 aliphatic rings. The first-order chi connectivity index (χ1) is 5.81. The Morgan fingerprint density at radius 3 is 3.00 bits per heavy atom. The lowest BCUT2D eigenvalue weighted by Crippen LogP contribution is -1.74. The van der Waals surface area contributed by atoms with E-state index in [4.69, 9.17) is 5.26 Å². The molecular formula is C8H4BrN3. The number of nitriles is 1. The first-order valence-corrected chi connectivity index (χ1v) is 4.13. The molecule has 0 bridgehead atoms. The zero-order chi connectivity index (χ0) is 8.55. The Balaban J connectivity index is 2.85. The molecule has 3 nitrogen and oxygen atoms in total. The summed E-state index contributed by atoms with van der Waals surface area (Å²) in [5.41, 5.74) is 1.47. The van der Waals surface area contributed by atoms with E-state index in [2.05, 4.69) is 25.9 Å². The van der Waals surface area contributed by atoms with Crippen LogP contribution < -0.4 is 0 Å². The Labute approximate surface area is 77.2 Å². The number of rotatable bonds is 0. The minimum atomic E-state index is 0.554. The van der Waals surface area contributed by atoms with E-state index in [0.717, 1.165) is 15.4 Å². The van der Waals surface area contributed by atoms with Gasteiger partial charge in [0.1, 0.15) is 11.8 Å². The number of pyridine rings is 1. The van der Waals surface area contributed by atoms with Crippen molar-refractivity contribution < 1.29 is 0 Å². The fraction of sp³-hybridized carbons (Fsp3) is 0. The number of nitrogens with zero attached hydrogens (tertiary/aromatic N) is 2. The molecule has 0 spiro atoms. The maximum absolute atomic E-state index is 8.61. The first-order valence-electron chi connectivity index (χ1n) is 3.33. The maximum atomic E-state index is 8.61. The second kappa shape index (κ2) is 2.61. The van der Waals surface area contributed by atoms with Crippen LogP contribution in [0, 0.1) is 11.3 Å². The Morgan fingerprint density at radius 2 is 2.33 bits per heavy atom. The zero-order valence-corrected chi connectivity index (χ0v) is 7.59. The van der Waals surface area contributed by atoms with Crippen molar-refractivity contribution in [2.45, 2.75) is 0 Å². The summed E-state index contributed by atoms with van der Waals surface area (Å²) in [4.78, 5) is 6.95. The molecule has 4 heteroatoms. The van der Waals surface area contributed by atoms with E-state index in [-0.39, 0.29) is 0 Å². The third-order valence-corrected chi connectivity index (χ3v) is 2.21. The Kier molecular flexibility index (Phi) is 1.59. The van der Waals surface area contributed by atoms with Gasteiger partial charge in [-0.3, -0.25) is 4.98 Å². The molecule has 2 aromatic heterocycles. The van der Waals surface area contributed by atoms with Gasteiger partial charge >= 0.3 is 0 Å². The number of nitrogens with one attached hydrogen (secondary N) is 1. The molecule has 0 saturated heterocycles. The minimum absolute atomic E-state index is 0.554. The topological polar surface area (TPSA) is 52.5 Å². The van der Waals surface area contributed by atoms with Crippen LogP contribution in [0.3, 0.4) is 0 Å². The average Bonchev–Trinajstić information content (AvgIpc) is 2.49. The number of fused-ring (bicyclic) bond motifs is 1. The summed E-state index contributed by atoms with van der Waals surface area (Å²) in [6, 6.07) is 3.81. The summed E-state index contributed by atoms with van der Waals surface area (Å²) >= 11 is 3.34. The first kappa shape index (κ1) is 7.32. The van der Waals surface area contributed by atoms with E-state index in [9.17, 15) is 0 Å². The highest BCUT2D eigenvalue weighted by Gasteiger charge is 2.02. The number of aromatic amines is 1. The predicted molar refractivity (Wildman–Crippen MR) is 48.5 cm³/mol. The Morgan fingerprint density at radius 1 is 1.50 bits per heavy atom. The molecule has 1 N–H and O–H groups in total. The van der Waals surface area contributed by atoms with E-state index in [1.54, 1.807) is 18.5 Å². The van der Waals surface area contributed by atoms with Crippen LogP contribution in [0.1, 0.15) is 5.69 Å². The molecule has 0 fully saturated rings. The average molecular weight is 222 g/mol. The molecule has 58 valence electrons. The van der Waals surface area contributed by atoms with Gasteiger partial charge in [-0.25, -0.2) is 0 Å². The van der Waals surface area contributed by atoms with Crippen LogP contribution in [-0.2, 0) is 0 Å². The van der Waals surface area contributed by atoms with Crippen molar-refractivity contribution in [2.75, 3.05) is 0 Å². The molecule has 12 heavy (non-hydrogen) atoms. The van der Waals surface area contributed by atoms with Crippen molar-refractivity contribution in [2.24, 2.45) is 0 Å². The molecule has 0 radical (unpaired) electrons. The van der Waals surface area contributed by atoms with Crippen LogP contribution in [0.2, 0.25) is 0 Å². The second-order valence-electron chi connectivity index (χ2n) is 2.38. The lowest BCUT2D eigenvalue weighted by molar-refractivity contribution is 1.32. The number of hydrogen-bond donors (Lipinski definition) is 1. The summed E-state index contributed by atoms with van der Waals surface area (Å²) < 4.78 is 0.876. The van der Waals surface area contributed by atoms with Crippen LogP contribution in [0.25, 0.3) is 10.9 Å². The van der Waals surface area contributed by atoms with Crippen LogP contribution >= 0.6 is 15.9 Å². The molecule has 0 saturated carbocycles. The fourth-order valence-corrected chi connectivity index (χ4v) is 1.52. The van der Waals surface area contributed by atoms with Crippen LogP contribution in [0.4, 0.5) is 0 Å². The number of H-pyrrole nitrogens is 1. The van der Waals surface area contributed by atoms with Gasteiger partial charge in [0.25, 0.3) is 0 Å². The van der Waals surface area contributed by atoms with Gasteiger partial charge in [0.15, 0.2) is 0 Å². The maximum Gasteiger partial charge on any atom is 0.118 e. The molecule has 2 rings (SSSR count). The largest absolute Gasteiger partial charge is 0.345 e. The quantitative estimate of drug-likeness (QED) is 0.742. The summed E-state index contributed by atoms with van der Waals surface area (Å²) in [6.07, 6.45) is 3.41. The van der Waals surface area contributed by atoms with Crippen molar-refractivity contribution in [3.8, 4) is 6.07 Å². The smallest absolute Gasteiger partial charge is 0.118 e. The lowest BCUT2D eigenvalue weighted by atomic mass is 10.3. The second-order valence-corrected chi connectivity index (χ2v) is 3.23. The highest BCUT2D eigenvalue weighted by molar-refractivity contribution is 9.10. The van der Waals surface area contributed by atoms with Gasteiger partial charge in [0, 0.05) is 17.8 Å². The highest BCUT2D eigenvalue weighted by atomic mass is 79.9. The van der Waals surface area contributed by atoms with E-state index < -0.39 is 0 Å². The normalized spacial score (nSPS) is 10.0. The number of halogens is 1. The summed E-state index contributed by atoms with van der Waals surface area (Å²) in [7, 11) is 0. The monoisotopic (exact) mass is 221 g/mol. The predicted octanol–water partition coefficient (Wildman–Crippen LogP) is 2.20. The van der Waals surface area contributed by atoms with E-state index >= 15 is 0 Å². The van der Waals surface area contributed by atoms with Gasteiger partial charge < -0.3 is 4.98 Å². The summed E-state index contributed by atoms with van der Waals surface area (Å²) in [5.74, 6) is 0. The number of aromatic nitrogens is 2. The molecule has 0 unspecified atom stereocenters. The molecule has 2 heterocycles. The molecule has 0 amide bonds. The Bertz CT molecular complexity index is 467. The SMILES string of the molecule is N#Cc1cc2cncc(Br)c2[nH]1. The molecular weight excluding hydrogens is 218 g/mol. The van der Waals surface area contributed by atoms with Crippen LogP contribution in [0.15, 0.2) is 22.9 Å². The van der Waals surface area contributed by atoms with Crippen LogP contribution in [0.5, 0.6) is 0 Å². The van der Waals surface area contributed by atoms with Gasteiger partial charge in [0.05, 0.1) is 9.99 Å². The zero-order valence-electron chi connectivity index (χ0n) is 6.00. The van der Waals surface area contributed by atoms with Gasteiger partial charge in [-0.1, -0.05) is 0 Å². The summed E-state index contributed by atoms with van der Waals surface area (Å²) in [6.45, 7) is 0. The van der Waals surface area contributed by atoms with Gasteiger partial charge in [-0.15, -0.1) is 0 Å². The highest BCUT2D eigenvalue weighted by Crippen LogP contribution is 2.21.